The average molecular weight is 394 g/mol. The van der Waals surface area contributed by atoms with E-state index < -0.39 is 28.8 Å². The SMILES string of the molecule is Cc1csc(NC(=O)c2nn(-c3ccccc3C(F)(F)F)c(C)cc2=O)n1. The van der Waals surface area contributed by atoms with Gasteiger partial charge in [-0.15, -0.1) is 11.3 Å². The van der Waals surface area contributed by atoms with E-state index in [2.05, 4.69) is 15.4 Å². The van der Waals surface area contributed by atoms with E-state index in [1.165, 1.54) is 25.1 Å². The summed E-state index contributed by atoms with van der Waals surface area (Å²) in [7, 11) is 0. The van der Waals surface area contributed by atoms with E-state index >= 15 is 0 Å². The molecule has 0 aliphatic rings. The number of nitrogens with zero attached hydrogens (tertiary/aromatic N) is 3. The fraction of sp³-hybridized carbons (Fsp3) is 0.176. The van der Waals surface area contributed by atoms with Crippen LogP contribution in [0, 0.1) is 13.8 Å². The number of nitrogens with one attached hydrogen (secondary N) is 1. The number of hydrogen-bond donors (Lipinski definition) is 1. The lowest BCUT2D eigenvalue weighted by Gasteiger charge is -2.16. The number of alkyl halides is 3. The highest BCUT2D eigenvalue weighted by Gasteiger charge is 2.34. The summed E-state index contributed by atoms with van der Waals surface area (Å²) in [6, 6.07) is 5.87. The van der Waals surface area contributed by atoms with E-state index in [4.69, 9.17) is 0 Å². The van der Waals surface area contributed by atoms with Crippen LogP contribution in [0.1, 0.15) is 27.4 Å². The van der Waals surface area contributed by atoms with Crippen LogP contribution in [0.4, 0.5) is 18.3 Å². The summed E-state index contributed by atoms with van der Waals surface area (Å²) in [5.74, 6) is -0.840. The molecule has 0 spiro atoms. The summed E-state index contributed by atoms with van der Waals surface area (Å²) in [6.07, 6.45) is -4.62. The Morgan fingerprint density at radius 3 is 2.56 bits per heavy atom. The monoisotopic (exact) mass is 394 g/mol. The first-order chi connectivity index (χ1) is 12.7. The minimum absolute atomic E-state index is 0.165. The van der Waals surface area contributed by atoms with Crippen molar-refractivity contribution in [3.8, 4) is 5.69 Å². The van der Waals surface area contributed by atoms with E-state index in [1.54, 1.807) is 12.3 Å². The molecule has 1 N–H and O–H groups in total. The predicted octanol–water partition coefficient (Wildman–Crippen LogP) is 3.58. The molecule has 140 valence electrons. The second-order valence-corrected chi connectivity index (χ2v) is 6.53. The first kappa shape index (κ1) is 18.8. The van der Waals surface area contributed by atoms with Crippen molar-refractivity contribution in [1.29, 1.82) is 0 Å². The Hall–Kier alpha value is -3.01. The molecular weight excluding hydrogens is 381 g/mol. The molecule has 3 aromatic rings. The van der Waals surface area contributed by atoms with Gasteiger partial charge in [0.2, 0.25) is 5.43 Å². The molecular formula is C17H13F3N4O2S. The molecule has 2 aromatic heterocycles. The molecule has 0 aliphatic heterocycles. The fourth-order valence-corrected chi connectivity index (χ4v) is 3.10. The lowest BCUT2D eigenvalue weighted by Crippen LogP contribution is -2.27. The Balaban J connectivity index is 2.08. The van der Waals surface area contributed by atoms with Crippen LogP contribution in [0.3, 0.4) is 0 Å². The average Bonchev–Trinajstić information content (AvgIpc) is 2.99. The third kappa shape index (κ3) is 3.90. The maximum atomic E-state index is 13.3. The molecule has 0 atom stereocenters. The van der Waals surface area contributed by atoms with Gasteiger partial charge in [-0.2, -0.15) is 18.3 Å². The number of anilines is 1. The van der Waals surface area contributed by atoms with Crippen molar-refractivity contribution in [2.24, 2.45) is 0 Å². The number of benzene rings is 1. The maximum Gasteiger partial charge on any atom is 0.418 e. The summed E-state index contributed by atoms with van der Waals surface area (Å²) in [5.41, 5.74) is -1.57. The van der Waals surface area contributed by atoms with Crippen molar-refractivity contribution in [1.82, 2.24) is 14.8 Å². The Kier molecular flexibility index (Phi) is 4.83. The van der Waals surface area contributed by atoms with Crippen LogP contribution in [0.5, 0.6) is 0 Å². The summed E-state index contributed by atoms with van der Waals surface area (Å²) in [6.45, 7) is 3.17. The van der Waals surface area contributed by atoms with Crippen LogP contribution in [-0.4, -0.2) is 20.7 Å². The molecule has 0 fully saturated rings. The Bertz CT molecular complexity index is 1070. The highest BCUT2D eigenvalue weighted by atomic mass is 32.1. The zero-order valence-corrected chi connectivity index (χ0v) is 15.0. The summed E-state index contributed by atoms with van der Waals surface area (Å²) < 4.78 is 40.9. The van der Waals surface area contributed by atoms with Gasteiger partial charge in [0.05, 0.1) is 16.9 Å². The lowest BCUT2D eigenvalue weighted by atomic mass is 10.1. The van der Waals surface area contributed by atoms with Gasteiger partial charge in [0.25, 0.3) is 5.91 Å². The first-order valence-electron chi connectivity index (χ1n) is 7.68. The number of rotatable bonds is 3. The molecule has 0 saturated carbocycles. The van der Waals surface area contributed by atoms with Gasteiger partial charge in [-0.05, 0) is 26.0 Å². The second-order valence-electron chi connectivity index (χ2n) is 5.67. The second kappa shape index (κ2) is 6.95. The van der Waals surface area contributed by atoms with E-state index in [0.717, 1.165) is 28.2 Å². The van der Waals surface area contributed by atoms with Crippen LogP contribution in [-0.2, 0) is 6.18 Å². The Morgan fingerprint density at radius 2 is 1.93 bits per heavy atom. The highest BCUT2D eigenvalue weighted by molar-refractivity contribution is 7.13. The molecule has 1 aromatic carbocycles. The number of amides is 1. The largest absolute Gasteiger partial charge is 0.418 e. The minimum atomic E-state index is -4.62. The van der Waals surface area contributed by atoms with Crippen molar-refractivity contribution >= 4 is 22.4 Å². The van der Waals surface area contributed by atoms with Crippen molar-refractivity contribution < 1.29 is 18.0 Å². The number of carbonyl (C=O) groups excluding carboxylic acids is 1. The molecule has 3 rings (SSSR count). The number of halogens is 3. The van der Waals surface area contributed by atoms with Gasteiger partial charge < -0.3 is 0 Å². The van der Waals surface area contributed by atoms with Crippen LogP contribution in [0.15, 0.2) is 40.5 Å². The van der Waals surface area contributed by atoms with Gasteiger partial charge in [0.15, 0.2) is 10.8 Å². The topological polar surface area (TPSA) is 76.9 Å². The molecule has 6 nitrogen and oxygen atoms in total. The molecule has 1 amide bonds. The summed E-state index contributed by atoms with van der Waals surface area (Å²) in [5, 5.41) is 8.29. The molecule has 27 heavy (non-hydrogen) atoms. The summed E-state index contributed by atoms with van der Waals surface area (Å²) >= 11 is 1.16. The molecule has 0 bridgehead atoms. The normalized spacial score (nSPS) is 11.4. The van der Waals surface area contributed by atoms with Gasteiger partial charge in [-0.1, -0.05) is 12.1 Å². The lowest BCUT2D eigenvalue weighted by molar-refractivity contribution is -0.137. The van der Waals surface area contributed by atoms with Crippen LogP contribution < -0.4 is 10.7 Å². The van der Waals surface area contributed by atoms with Crippen molar-refractivity contribution in [2.75, 3.05) is 5.32 Å². The molecule has 2 heterocycles. The van der Waals surface area contributed by atoms with E-state index in [9.17, 15) is 22.8 Å². The molecule has 0 saturated heterocycles. The molecule has 0 aliphatic carbocycles. The molecule has 0 radical (unpaired) electrons. The number of para-hydroxylation sites is 1. The molecule has 0 unspecified atom stereocenters. The van der Waals surface area contributed by atoms with Gasteiger partial charge in [0, 0.05) is 17.1 Å². The van der Waals surface area contributed by atoms with Crippen LogP contribution in [0.25, 0.3) is 5.69 Å². The smallest absolute Gasteiger partial charge is 0.296 e. The number of thiazole rings is 1. The third-order valence-electron chi connectivity index (χ3n) is 3.60. The van der Waals surface area contributed by atoms with Gasteiger partial charge in [-0.3, -0.25) is 14.9 Å². The number of hydrogen-bond acceptors (Lipinski definition) is 5. The first-order valence-corrected chi connectivity index (χ1v) is 8.56. The highest BCUT2D eigenvalue weighted by Crippen LogP contribution is 2.33. The van der Waals surface area contributed by atoms with E-state index in [0.29, 0.717) is 5.69 Å². The summed E-state index contributed by atoms with van der Waals surface area (Å²) in [4.78, 5) is 28.6. The van der Waals surface area contributed by atoms with E-state index in [-0.39, 0.29) is 16.5 Å². The maximum absolute atomic E-state index is 13.3. The zero-order valence-electron chi connectivity index (χ0n) is 14.2. The predicted molar refractivity (Wildman–Crippen MR) is 94.4 cm³/mol. The third-order valence-corrected chi connectivity index (χ3v) is 4.48. The quantitative estimate of drug-likeness (QED) is 0.737. The van der Waals surface area contributed by atoms with Crippen LogP contribution >= 0.6 is 11.3 Å². The molecule has 10 heteroatoms. The number of aromatic nitrogens is 3. The fourth-order valence-electron chi connectivity index (χ4n) is 2.41. The van der Waals surface area contributed by atoms with Crippen LogP contribution in [0.2, 0.25) is 0 Å². The van der Waals surface area contributed by atoms with Gasteiger partial charge in [-0.25, -0.2) is 9.67 Å². The number of aryl methyl sites for hydroxylation is 2. The van der Waals surface area contributed by atoms with E-state index in [1.807, 2.05) is 0 Å². The standard InChI is InChI=1S/C17H13F3N4O2S/c1-9-8-27-16(21-9)22-15(26)14-13(25)7-10(2)24(23-14)12-6-4-3-5-11(12)17(18,19)20/h3-8H,1-2H3,(H,21,22,26). The van der Waals surface area contributed by atoms with Crippen molar-refractivity contribution in [3.63, 3.8) is 0 Å². The Morgan fingerprint density at radius 1 is 1.22 bits per heavy atom. The zero-order chi connectivity index (χ0) is 19.8. The van der Waals surface area contributed by atoms with Gasteiger partial charge in [0.1, 0.15) is 0 Å². The van der Waals surface area contributed by atoms with Crippen molar-refractivity contribution in [3.05, 3.63) is 68.6 Å². The van der Waals surface area contributed by atoms with Gasteiger partial charge >= 0.3 is 6.18 Å². The number of carbonyl (C=O) groups is 1. The van der Waals surface area contributed by atoms with Crippen molar-refractivity contribution in [2.45, 2.75) is 20.0 Å². The minimum Gasteiger partial charge on any atom is -0.296 e. The Labute approximate surface area is 155 Å².